The van der Waals surface area contributed by atoms with E-state index in [0.29, 0.717) is 11.5 Å². The lowest BCUT2D eigenvalue weighted by atomic mass is 10.2. The standard InChI is InChI=1S/C16H20N4O2S/c1-23(21,22)19-14-6-9-16(17-12-14)18-13-4-7-15(8-5-13)20-10-2-3-11-20/h4-9,12,19H,2-3,10-11H2,1H3,(H,17,18). The molecule has 122 valence electrons. The van der Waals surface area contributed by atoms with E-state index in [-0.39, 0.29) is 0 Å². The predicted octanol–water partition coefficient (Wildman–Crippen LogP) is 2.80. The summed E-state index contributed by atoms with van der Waals surface area (Å²) < 4.78 is 24.7. The van der Waals surface area contributed by atoms with E-state index in [9.17, 15) is 8.42 Å². The second-order valence-corrected chi connectivity index (χ2v) is 7.42. The average Bonchev–Trinajstić information content (AvgIpc) is 3.03. The van der Waals surface area contributed by atoms with Crippen molar-refractivity contribution in [2.24, 2.45) is 0 Å². The van der Waals surface area contributed by atoms with Crippen LogP contribution >= 0.6 is 0 Å². The Morgan fingerprint density at radius 3 is 2.22 bits per heavy atom. The van der Waals surface area contributed by atoms with E-state index in [1.807, 2.05) is 12.1 Å². The molecule has 0 saturated carbocycles. The zero-order chi connectivity index (χ0) is 16.3. The molecule has 0 radical (unpaired) electrons. The SMILES string of the molecule is CS(=O)(=O)Nc1ccc(Nc2ccc(N3CCCC3)cc2)nc1. The molecule has 1 aliphatic heterocycles. The van der Waals surface area contributed by atoms with E-state index in [4.69, 9.17) is 0 Å². The minimum Gasteiger partial charge on any atom is -0.372 e. The molecule has 0 amide bonds. The molecular weight excluding hydrogens is 312 g/mol. The fourth-order valence-electron chi connectivity index (χ4n) is 2.62. The van der Waals surface area contributed by atoms with Gasteiger partial charge in [0.1, 0.15) is 5.82 Å². The largest absolute Gasteiger partial charge is 0.372 e. The summed E-state index contributed by atoms with van der Waals surface area (Å²) in [5.74, 6) is 0.665. The van der Waals surface area contributed by atoms with Crippen LogP contribution in [0.25, 0.3) is 0 Å². The number of hydrogen-bond donors (Lipinski definition) is 2. The molecule has 2 N–H and O–H groups in total. The summed E-state index contributed by atoms with van der Waals surface area (Å²) in [7, 11) is -3.28. The molecule has 0 aliphatic carbocycles. The molecule has 0 unspecified atom stereocenters. The van der Waals surface area contributed by atoms with Crippen LogP contribution in [0.5, 0.6) is 0 Å². The molecular formula is C16H20N4O2S. The van der Waals surface area contributed by atoms with E-state index < -0.39 is 10.0 Å². The van der Waals surface area contributed by atoms with Crippen molar-refractivity contribution >= 4 is 32.9 Å². The fraction of sp³-hybridized carbons (Fsp3) is 0.312. The smallest absolute Gasteiger partial charge is 0.229 e. The van der Waals surface area contributed by atoms with E-state index in [1.165, 1.54) is 24.7 Å². The number of aromatic nitrogens is 1. The van der Waals surface area contributed by atoms with Gasteiger partial charge >= 0.3 is 0 Å². The van der Waals surface area contributed by atoms with Crippen LogP contribution in [-0.2, 0) is 10.0 Å². The van der Waals surface area contributed by atoms with Gasteiger partial charge in [-0.15, -0.1) is 0 Å². The first kappa shape index (κ1) is 15.6. The number of rotatable bonds is 5. The normalized spacial score (nSPS) is 14.7. The number of pyridine rings is 1. The van der Waals surface area contributed by atoms with Crippen LogP contribution in [0.1, 0.15) is 12.8 Å². The summed E-state index contributed by atoms with van der Waals surface area (Å²) in [6, 6.07) is 11.7. The van der Waals surface area contributed by atoms with Crippen LogP contribution < -0.4 is 14.9 Å². The van der Waals surface area contributed by atoms with Crippen LogP contribution in [0.3, 0.4) is 0 Å². The number of nitrogens with one attached hydrogen (secondary N) is 2. The summed E-state index contributed by atoms with van der Waals surface area (Å²) >= 11 is 0. The van der Waals surface area contributed by atoms with Gasteiger partial charge in [0.05, 0.1) is 18.1 Å². The van der Waals surface area contributed by atoms with Gasteiger partial charge in [-0.25, -0.2) is 13.4 Å². The summed E-state index contributed by atoms with van der Waals surface area (Å²) in [4.78, 5) is 6.59. The van der Waals surface area contributed by atoms with Crippen molar-refractivity contribution in [1.82, 2.24) is 4.98 Å². The Balaban J connectivity index is 1.64. The molecule has 1 aliphatic rings. The van der Waals surface area contributed by atoms with Gasteiger partial charge in [-0.3, -0.25) is 4.72 Å². The second kappa shape index (κ2) is 6.45. The Kier molecular flexibility index (Phi) is 4.38. The highest BCUT2D eigenvalue weighted by molar-refractivity contribution is 7.92. The molecule has 0 atom stereocenters. The summed E-state index contributed by atoms with van der Waals surface area (Å²) in [5, 5.41) is 3.20. The van der Waals surface area contributed by atoms with E-state index >= 15 is 0 Å². The van der Waals surface area contributed by atoms with Crippen LogP contribution in [0.2, 0.25) is 0 Å². The molecule has 0 bridgehead atoms. The number of sulfonamides is 1. The van der Waals surface area contributed by atoms with Crippen molar-refractivity contribution in [3.63, 3.8) is 0 Å². The van der Waals surface area contributed by atoms with Crippen LogP contribution in [-0.4, -0.2) is 32.7 Å². The molecule has 2 heterocycles. The number of anilines is 4. The lowest BCUT2D eigenvalue weighted by Gasteiger charge is -2.17. The van der Waals surface area contributed by atoms with Crippen LogP contribution in [0, 0.1) is 0 Å². The van der Waals surface area contributed by atoms with Gasteiger partial charge in [0.2, 0.25) is 10.0 Å². The quantitative estimate of drug-likeness (QED) is 0.881. The van der Waals surface area contributed by atoms with Crippen molar-refractivity contribution in [1.29, 1.82) is 0 Å². The van der Waals surface area contributed by atoms with Gasteiger partial charge in [0.15, 0.2) is 0 Å². The number of hydrogen-bond acceptors (Lipinski definition) is 5. The second-order valence-electron chi connectivity index (χ2n) is 5.67. The first-order valence-electron chi connectivity index (χ1n) is 7.55. The molecule has 1 aromatic heterocycles. The molecule has 1 fully saturated rings. The first-order valence-corrected chi connectivity index (χ1v) is 9.45. The Morgan fingerprint density at radius 1 is 1.00 bits per heavy atom. The Morgan fingerprint density at radius 2 is 1.65 bits per heavy atom. The van der Waals surface area contributed by atoms with E-state index in [1.54, 1.807) is 12.1 Å². The molecule has 2 aromatic rings. The monoisotopic (exact) mass is 332 g/mol. The summed E-state index contributed by atoms with van der Waals surface area (Å²) in [6.45, 7) is 2.26. The Hall–Kier alpha value is -2.28. The third-order valence-electron chi connectivity index (χ3n) is 3.68. The van der Waals surface area contributed by atoms with Gasteiger partial charge in [-0.2, -0.15) is 0 Å². The topological polar surface area (TPSA) is 74.3 Å². The van der Waals surface area contributed by atoms with Crippen LogP contribution in [0.4, 0.5) is 22.9 Å². The van der Waals surface area contributed by atoms with Crippen molar-refractivity contribution < 1.29 is 8.42 Å². The maximum absolute atomic E-state index is 11.2. The highest BCUT2D eigenvalue weighted by atomic mass is 32.2. The third-order valence-corrected chi connectivity index (χ3v) is 4.28. The van der Waals surface area contributed by atoms with Crippen LogP contribution in [0.15, 0.2) is 42.6 Å². The zero-order valence-electron chi connectivity index (χ0n) is 13.0. The molecule has 0 spiro atoms. The third kappa shape index (κ3) is 4.35. The van der Waals surface area contributed by atoms with Gasteiger partial charge in [-0.1, -0.05) is 0 Å². The number of nitrogens with zero attached hydrogens (tertiary/aromatic N) is 2. The van der Waals surface area contributed by atoms with E-state index in [2.05, 4.69) is 32.1 Å². The van der Waals surface area contributed by atoms with Crippen molar-refractivity contribution in [3.05, 3.63) is 42.6 Å². The van der Waals surface area contributed by atoms with Gasteiger partial charge in [-0.05, 0) is 49.2 Å². The number of benzene rings is 1. The van der Waals surface area contributed by atoms with Gasteiger partial charge < -0.3 is 10.2 Å². The van der Waals surface area contributed by atoms with Gasteiger partial charge in [0.25, 0.3) is 0 Å². The fourth-order valence-corrected chi connectivity index (χ4v) is 3.17. The minimum atomic E-state index is -3.28. The van der Waals surface area contributed by atoms with Crippen molar-refractivity contribution in [2.75, 3.05) is 34.3 Å². The summed E-state index contributed by atoms with van der Waals surface area (Å²) in [5.41, 5.74) is 2.64. The molecule has 7 heteroatoms. The highest BCUT2D eigenvalue weighted by Crippen LogP contribution is 2.23. The van der Waals surface area contributed by atoms with Gasteiger partial charge in [0, 0.05) is 24.5 Å². The maximum atomic E-state index is 11.2. The lowest BCUT2D eigenvalue weighted by molar-refractivity contribution is 0.607. The lowest BCUT2D eigenvalue weighted by Crippen LogP contribution is -2.17. The summed E-state index contributed by atoms with van der Waals surface area (Å²) in [6.07, 6.45) is 5.12. The minimum absolute atomic E-state index is 0.447. The Labute approximate surface area is 136 Å². The first-order chi connectivity index (χ1) is 11.0. The Bertz CT molecular complexity index is 752. The van der Waals surface area contributed by atoms with E-state index in [0.717, 1.165) is 25.0 Å². The molecule has 1 saturated heterocycles. The molecule has 6 nitrogen and oxygen atoms in total. The maximum Gasteiger partial charge on any atom is 0.229 e. The van der Waals surface area contributed by atoms with Crippen molar-refractivity contribution in [2.45, 2.75) is 12.8 Å². The zero-order valence-corrected chi connectivity index (χ0v) is 13.8. The molecule has 1 aromatic carbocycles. The molecule has 3 rings (SSSR count). The average molecular weight is 332 g/mol. The van der Waals surface area contributed by atoms with Crippen molar-refractivity contribution in [3.8, 4) is 0 Å². The highest BCUT2D eigenvalue weighted by Gasteiger charge is 2.11. The predicted molar refractivity (Wildman–Crippen MR) is 93.9 cm³/mol. The molecule has 23 heavy (non-hydrogen) atoms.